The highest BCUT2D eigenvalue weighted by Gasteiger charge is 2.27. The molecule has 2 rings (SSSR count). The molecule has 0 spiro atoms. The van der Waals surface area contributed by atoms with Gasteiger partial charge in [-0.05, 0) is 51.3 Å². The third-order valence-electron chi connectivity index (χ3n) is 4.67. The van der Waals surface area contributed by atoms with Crippen LogP contribution >= 0.6 is 24.0 Å². The Morgan fingerprint density at radius 3 is 2.45 bits per heavy atom. The molecule has 1 aromatic rings. The molecule has 7 nitrogen and oxygen atoms in total. The summed E-state index contributed by atoms with van der Waals surface area (Å²) in [4.78, 5) is 30.5. The van der Waals surface area contributed by atoms with Gasteiger partial charge >= 0.3 is 5.97 Å². The minimum absolute atomic E-state index is 0. The van der Waals surface area contributed by atoms with E-state index in [4.69, 9.17) is 4.74 Å². The second kappa shape index (κ2) is 11.4. The summed E-state index contributed by atoms with van der Waals surface area (Å²) in [6.07, 6.45) is 1.52. The quantitative estimate of drug-likeness (QED) is 0.279. The predicted octanol–water partition coefficient (Wildman–Crippen LogP) is 2.79. The molecule has 1 saturated heterocycles. The number of hydrogen-bond donors (Lipinski definition) is 2. The van der Waals surface area contributed by atoms with E-state index in [1.807, 2.05) is 45.0 Å². The number of esters is 1. The van der Waals surface area contributed by atoms with Gasteiger partial charge in [-0.2, -0.15) is 0 Å². The summed E-state index contributed by atoms with van der Waals surface area (Å²) in [6, 6.07) is 7.58. The highest BCUT2D eigenvalue weighted by atomic mass is 127. The van der Waals surface area contributed by atoms with Crippen molar-refractivity contribution in [2.75, 3.05) is 27.2 Å². The lowest BCUT2D eigenvalue weighted by molar-refractivity contribution is -0.146. The van der Waals surface area contributed by atoms with Gasteiger partial charge in [-0.3, -0.25) is 14.6 Å². The summed E-state index contributed by atoms with van der Waals surface area (Å²) < 4.78 is 4.84. The van der Waals surface area contributed by atoms with Gasteiger partial charge in [-0.1, -0.05) is 12.1 Å². The van der Waals surface area contributed by atoms with Crippen LogP contribution in [0.2, 0.25) is 0 Å². The van der Waals surface area contributed by atoms with E-state index in [0.717, 1.165) is 37.5 Å². The van der Waals surface area contributed by atoms with Crippen molar-refractivity contribution in [1.82, 2.24) is 15.5 Å². The molecule has 8 heteroatoms. The number of aliphatic imine (C=N–C) groups is 1. The lowest BCUT2D eigenvalue weighted by Gasteiger charge is -2.33. The number of benzene rings is 1. The highest BCUT2D eigenvalue weighted by molar-refractivity contribution is 14.0. The van der Waals surface area contributed by atoms with Crippen LogP contribution in [0.15, 0.2) is 29.3 Å². The third kappa shape index (κ3) is 7.83. The molecule has 2 N–H and O–H groups in total. The largest absolute Gasteiger partial charge is 0.469 e. The molecule has 0 unspecified atom stereocenters. The fourth-order valence-electron chi connectivity index (χ4n) is 3.24. The van der Waals surface area contributed by atoms with Crippen molar-refractivity contribution >= 4 is 41.8 Å². The number of methoxy groups -OCH3 is 1. The monoisotopic (exact) mass is 516 g/mol. The van der Waals surface area contributed by atoms with Gasteiger partial charge in [0.1, 0.15) is 0 Å². The smallest absolute Gasteiger partial charge is 0.308 e. The molecule has 1 heterocycles. The zero-order valence-electron chi connectivity index (χ0n) is 17.9. The van der Waals surface area contributed by atoms with Crippen molar-refractivity contribution < 1.29 is 14.3 Å². The summed E-state index contributed by atoms with van der Waals surface area (Å²) in [7, 11) is 3.19. The Balaban J connectivity index is 0.00000420. The standard InChI is InChI=1S/C21H32N4O3.HI/c1-21(2,3)24-18(26)17-8-6-7-15(13-17)14-23-20(22-4)25-11-9-16(10-12-25)19(27)28-5;/h6-8,13,16H,9-12,14H2,1-5H3,(H,22,23)(H,24,26);1H. The van der Waals surface area contributed by atoms with E-state index < -0.39 is 0 Å². The van der Waals surface area contributed by atoms with Gasteiger partial charge in [0, 0.05) is 37.8 Å². The maximum Gasteiger partial charge on any atom is 0.308 e. The SMILES string of the molecule is CN=C(NCc1cccc(C(=O)NC(C)(C)C)c1)N1CCC(C(=O)OC)CC1.I. The van der Waals surface area contributed by atoms with Crippen LogP contribution in [0, 0.1) is 5.92 Å². The predicted molar refractivity (Wildman–Crippen MR) is 126 cm³/mol. The number of rotatable bonds is 4. The van der Waals surface area contributed by atoms with E-state index in [9.17, 15) is 9.59 Å². The molecule has 0 atom stereocenters. The van der Waals surface area contributed by atoms with E-state index in [2.05, 4.69) is 20.5 Å². The van der Waals surface area contributed by atoms with Gasteiger partial charge < -0.3 is 20.3 Å². The number of ether oxygens (including phenoxy) is 1. The Kier molecular flexibility index (Phi) is 9.88. The normalized spacial score (nSPS) is 15.3. The Labute approximate surface area is 190 Å². The molecule has 1 aromatic carbocycles. The number of carbonyl (C=O) groups is 2. The molecule has 1 aliphatic heterocycles. The van der Waals surface area contributed by atoms with Crippen molar-refractivity contribution in [2.45, 2.75) is 45.7 Å². The number of nitrogens with one attached hydrogen (secondary N) is 2. The zero-order chi connectivity index (χ0) is 20.7. The van der Waals surface area contributed by atoms with Gasteiger partial charge in [-0.15, -0.1) is 24.0 Å². The molecule has 29 heavy (non-hydrogen) atoms. The van der Waals surface area contributed by atoms with Crippen LogP contribution in [0.4, 0.5) is 0 Å². The number of halogens is 1. The van der Waals surface area contributed by atoms with Crippen LogP contribution in [-0.2, 0) is 16.1 Å². The number of carbonyl (C=O) groups excluding carboxylic acids is 2. The summed E-state index contributed by atoms with van der Waals surface area (Å²) in [6.45, 7) is 7.97. The molecule has 0 aromatic heterocycles. The molecule has 0 radical (unpaired) electrons. The van der Waals surface area contributed by atoms with Crippen LogP contribution in [0.5, 0.6) is 0 Å². The van der Waals surface area contributed by atoms with E-state index in [0.29, 0.717) is 12.1 Å². The fraction of sp³-hybridized carbons (Fsp3) is 0.571. The van der Waals surface area contributed by atoms with E-state index in [-0.39, 0.29) is 47.3 Å². The first-order chi connectivity index (χ1) is 13.2. The first-order valence-corrected chi connectivity index (χ1v) is 9.68. The highest BCUT2D eigenvalue weighted by Crippen LogP contribution is 2.18. The van der Waals surface area contributed by atoms with Crippen LogP contribution < -0.4 is 10.6 Å². The van der Waals surface area contributed by atoms with Crippen LogP contribution in [0.1, 0.15) is 49.5 Å². The van der Waals surface area contributed by atoms with Crippen molar-refractivity contribution in [2.24, 2.45) is 10.9 Å². The van der Waals surface area contributed by atoms with E-state index in [1.165, 1.54) is 7.11 Å². The fourth-order valence-corrected chi connectivity index (χ4v) is 3.24. The van der Waals surface area contributed by atoms with Crippen LogP contribution in [0.3, 0.4) is 0 Å². The second-order valence-corrected chi connectivity index (χ2v) is 8.09. The van der Waals surface area contributed by atoms with Crippen molar-refractivity contribution in [3.05, 3.63) is 35.4 Å². The van der Waals surface area contributed by atoms with Crippen LogP contribution in [-0.4, -0.2) is 55.5 Å². The Bertz CT molecular complexity index is 723. The molecule has 1 aliphatic rings. The summed E-state index contributed by atoms with van der Waals surface area (Å²) in [5.41, 5.74) is 1.37. The van der Waals surface area contributed by atoms with Gasteiger partial charge in [0.25, 0.3) is 5.91 Å². The van der Waals surface area contributed by atoms with Crippen LogP contribution in [0.25, 0.3) is 0 Å². The summed E-state index contributed by atoms with van der Waals surface area (Å²) in [5.74, 6) is 0.557. The lowest BCUT2D eigenvalue weighted by Crippen LogP contribution is -2.46. The minimum Gasteiger partial charge on any atom is -0.469 e. The topological polar surface area (TPSA) is 83.0 Å². The number of likely N-dealkylation sites (tertiary alicyclic amines) is 1. The molecule has 162 valence electrons. The van der Waals surface area contributed by atoms with Gasteiger partial charge in [-0.25, -0.2) is 0 Å². The summed E-state index contributed by atoms with van der Waals surface area (Å²) in [5, 5.41) is 6.34. The molecular weight excluding hydrogens is 483 g/mol. The van der Waals surface area contributed by atoms with Gasteiger partial charge in [0.2, 0.25) is 0 Å². The number of nitrogens with zero attached hydrogens (tertiary/aromatic N) is 2. The third-order valence-corrected chi connectivity index (χ3v) is 4.67. The van der Waals surface area contributed by atoms with Crippen molar-refractivity contribution in [1.29, 1.82) is 0 Å². The minimum atomic E-state index is -0.274. The average Bonchev–Trinajstić information content (AvgIpc) is 2.67. The van der Waals surface area contributed by atoms with Crippen molar-refractivity contribution in [3.63, 3.8) is 0 Å². The van der Waals surface area contributed by atoms with Crippen molar-refractivity contribution in [3.8, 4) is 0 Å². The number of piperidine rings is 1. The van der Waals surface area contributed by atoms with E-state index >= 15 is 0 Å². The number of guanidine groups is 1. The number of amides is 1. The Morgan fingerprint density at radius 2 is 1.90 bits per heavy atom. The molecule has 1 amide bonds. The Morgan fingerprint density at radius 1 is 1.24 bits per heavy atom. The first-order valence-electron chi connectivity index (χ1n) is 9.68. The number of hydrogen-bond acceptors (Lipinski definition) is 4. The maximum atomic E-state index is 12.4. The molecule has 0 aliphatic carbocycles. The van der Waals surface area contributed by atoms with Gasteiger partial charge in [0.15, 0.2) is 5.96 Å². The summed E-state index contributed by atoms with van der Waals surface area (Å²) >= 11 is 0. The molecule has 1 fully saturated rings. The maximum absolute atomic E-state index is 12.4. The van der Waals surface area contributed by atoms with E-state index in [1.54, 1.807) is 7.05 Å². The molecule has 0 bridgehead atoms. The average molecular weight is 516 g/mol. The zero-order valence-corrected chi connectivity index (χ0v) is 20.3. The Hall–Kier alpha value is -1.84. The van der Waals surface area contributed by atoms with Gasteiger partial charge in [0.05, 0.1) is 13.0 Å². The lowest BCUT2D eigenvalue weighted by atomic mass is 9.97. The second-order valence-electron chi connectivity index (χ2n) is 8.09. The first kappa shape index (κ1) is 25.2. The molecule has 0 saturated carbocycles. The molecular formula is C21H33IN4O3.